The summed E-state index contributed by atoms with van der Waals surface area (Å²) >= 11 is 0. The SMILES string of the molecule is CC12CC(C3Cc4cc5ccn6c7cc8c(cc7nc6c5cc4C3)C(C)(C)C(C)(C)C8(C)C)C(C)(C1)c1cc3nc4c5ccccc5c(-c5ccccc5)cn4c3cc12. The topological polar surface area (TPSA) is 34.6 Å². The van der Waals surface area contributed by atoms with Crippen LogP contribution in [0.5, 0.6) is 0 Å². The Morgan fingerprint density at radius 1 is 0.576 bits per heavy atom. The lowest BCUT2D eigenvalue weighted by Crippen LogP contribution is -2.42. The fourth-order valence-corrected chi connectivity index (χ4v) is 13.8. The van der Waals surface area contributed by atoms with Gasteiger partial charge in [0.15, 0.2) is 0 Å². The monoisotopic (exact) mass is 768 g/mol. The molecular weight excluding hydrogens is 717 g/mol. The van der Waals surface area contributed by atoms with Gasteiger partial charge in [-0.25, -0.2) is 9.97 Å². The molecule has 4 nitrogen and oxygen atoms in total. The Balaban J connectivity index is 0.885. The van der Waals surface area contributed by atoms with Crippen LogP contribution in [-0.4, -0.2) is 18.8 Å². The van der Waals surface area contributed by atoms with E-state index in [2.05, 4.69) is 174 Å². The van der Waals surface area contributed by atoms with Gasteiger partial charge in [-0.1, -0.05) is 116 Å². The molecule has 59 heavy (non-hydrogen) atoms. The van der Waals surface area contributed by atoms with Crippen molar-refractivity contribution in [1.82, 2.24) is 18.8 Å². The van der Waals surface area contributed by atoms with Gasteiger partial charge in [-0.05, 0) is 151 Å². The Morgan fingerprint density at radius 2 is 1.19 bits per heavy atom. The molecule has 4 heterocycles. The first-order chi connectivity index (χ1) is 28.2. The Hall–Kier alpha value is -5.48. The van der Waals surface area contributed by atoms with Crippen LogP contribution in [0.15, 0.2) is 109 Å². The average Bonchev–Trinajstić information content (AvgIpc) is 4.03. The summed E-state index contributed by atoms with van der Waals surface area (Å²) in [6.07, 6.45) is 9.39. The predicted octanol–water partition coefficient (Wildman–Crippen LogP) is 13.2. The van der Waals surface area contributed by atoms with Crippen LogP contribution in [0.4, 0.5) is 0 Å². The molecule has 4 aliphatic rings. The number of imidazole rings is 2. The van der Waals surface area contributed by atoms with Crippen LogP contribution in [0.1, 0.15) is 102 Å². The summed E-state index contributed by atoms with van der Waals surface area (Å²) in [5.74, 6) is 1.25. The number of rotatable bonds is 2. The fraction of sp³-hybridized carbons (Fsp3) is 0.345. The van der Waals surface area contributed by atoms with E-state index in [0.717, 1.165) is 35.2 Å². The van der Waals surface area contributed by atoms with Crippen LogP contribution in [0.3, 0.4) is 0 Å². The van der Waals surface area contributed by atoms with Gasteiger partial charge >= 0.3 is 0 Å². The van der Waals surface area contributed by atoms with Crippen LogP contribution in [-0.2, 0) is 34.5 Å². The van der Waals surface area contributed by atoms with Crippen LogP contribution >= 0.6 is 0 Å². The molecule has 0 N–H and O–H groups in total. The molecule has 4 unspecified atom stereocenters. The number of fused-ring (bicyclic) bond motifs is 17. The highest BCUT2D eigenvalue weighted by molar-refractivity contribution is 6.06. The van der Waals surface area contributed by atoms with Crippen molar-refractivity contribution in [3.05, 3.63) is 143 Å². The lowest BCUT2D eigenvalue weighted by atomic mass is 9.59. The molecule has 9 aromatic rings. The van der Waals surface area contributed by atoms with Crippen LogP contribution < -0.4 is 0 Å². The lowest BCUT2D eigenvalue weighted by Gasteiger charge is -2.44. The molecule has 0 radical (unpaired) electrons. The van der Waals surface area contributed by atoms with Gasteiger partial charge in [-0.15, -0.1) is 0 Å². The second-order valence-electron chi connectivity index (χ2n) is 21.4. The molecule has 4 heteroatoms. The second kappa shape index (κ2) is 10.6. The molecule has 0 aliphatic heterocycles. The van der Waals surface area contributed by atoms with Gasteiger partial charge in [0, 0.05) is 28.7 Å². The van der Waals surface area contributed by atoms with E-state index >= 15 is 0 Å². The summed E-state index contributed by atoms with van der Waals surface area (Å²) in [5, 5.41) is 5.07. The molecule has 2 bridgehead atoms. The first-order valence-corrected chi connectivity index (χ1v) is 22.0. The molecule has 4 atom stereocenters. The molecule has 0 saturated heterocycles. The normalized spacial score (nSPS) is 25.9. The average molecular weight is 769 g/mol. The third-order valence-corrected chi connectivity index (χ3v) is 18.0. The zero-order valence-electron chi connectivity index (χ0n) is 35.7. The van der Waals surface area contributed by atoms with Gasteiger partial charge < -0.3 is 0 Å². The van der Waals surface area contributed by atoms with Crippen molar-refractivity contribution in [2.24, 2.45) is 17.3 Å². The third-order valence-electron chi connectivity index (χ3n) is 18.0. The predicted molar refractivity (Wildman–Crippen MR) is 244 cm³/mol. The van der Waals surface area contributed by atoms with Crippen molar-refractivity contribution in [3.63, 3.8) is 0 Å². The number of aromatic nitrogens is 4. The Bertz CT molecular complexity index is 3360. The highest BCUT2D eigenvalue weighted by Gasteiger charge is 2.61. The molecular formula is C55H52N4. The highest BCUT2D eigenvalue weighted by Crippen LogP contribution is 2.66. The molecule has 0 amide bonds. The van der Waals surface area contributed by atoms with E-state index in [1.165, 1.54) is 73.2 Å². The summed E-state index contributed by atoms with van der Waals surface area (Å²) in [6.45, 7) is 19.8. The zero-order chi connectivity index (χ0) is 40.2. The molecule has 1 fully saturated rings. The maximum absolute atomic E-state index is 5.41. The maximum Gasteiger partial charge on any atom is 0.145 e. The van der Waals surface area contributed by atoms with Crippen molar-refractivity contribution in [2.75, 3.05) is 0 Å². The molecule has 5 aromatic carbocycles. The molecule has 292 valence electrons. The molecule has 0 spiro atoms. The standard InChI is InChI=1S/C55H52N4/c1-51(2)40-24-45-47(26-41(40)52(3,4)53(51,5)6)58-19-18-32-20-33-21-35(22-34(33)23-38(32)50(58)57-45)44-28-54(7)30-55(44,8)43-25-46-48(27-42(43)54)59-29-39(31-14-10-9-11-15-31)36-16-12-13-17-37(36)49(59)56-46/h9-20,23-27,29,35,44H,21-22,28,30H2,1-8H3. The Morgan fingerprint density at radius 3 is 1.93 bits per heavy atom. The third kappa shape index (κ3) is 4.07. The van der Waals surface area contributed by atoms with Gasteiger partial charge in [0.05, 0.1) is 22.1 Å². The maximum atomic E-state index is 5.41. The van der Waals surface area contributed by atoms with Crippen LogP contribution in [0.25, 0.3) is 66.0 Å². The van der Waals surface area contributed by atoms with Crippen LogP contribution in [0, 0.1) is 17.3 Å². The summed E-state index contributed by atoms with van der Waals surface area (Å²) in [6, 6.07) is 36.9. The van der Waals surface area contributed by atoms with Crippen molar-refractivity contribution in [2.45, 2.75) is 103 Å². The minimum atomic E-state index is 0.0574. The van der Waals surface area contributed by atoms with E-state index in [-0.39, 0.29) is 27.1 Å². The largest absolute Gasteiger partial charge is 0.299 e. The van der Waals surface area contributed by atoms with E-state index < -0.39 is 0 Å². The van der Waals surface area contributed by atoms with E-state index in [9.17, 15) is 0 Å². The van der Waals surface area contributed by atoms with E-state index in [0.29, 0.717) is 11.8 Å². The number of benzene rings is 5. The van der Waals surface area contributed by atoms with E-state index in [1.54, 1.807) is 16.7 Å². The summed E-state index contributed by atoms with van der Waals surface area (Å²) in [4.78, 5) is 10.8. The number of hydrogen-bond donors (Lipinski definition) is 0. The molecule has 13 rings (SSSR count). The minimum absolute atomic E-state index is 0.0574. The number of hydrogen-bond acceptors (Lipinski definition) is 2. The van der Waals surface area contributed by atoms with Crippen molar-refractivity contribution < 1.29 is 0 Å². The van der Waals surface area contributed by atoms with Gasteiger partial charge in [0.2, 0.25) is 0 Å². The molecule has 1 saturated carbocycles. The van der Waals surface area contributed by atoms with Gasteiger partial charge in [0.1, 0.15) is 11.3 Å². The Kier molecular flexibility index (Phi) is 6.20. The second-order valence-corrected chi connectivity index (χ2v) is 21.4. The fourth-order valence-electron chi connectivity index (χ4n) is 13.8. The zero-order valence-corrected chi connectivity index (χ0v) is 35.7. The van der Waals surface area contributed by atoms with Crippen molar-refractivity contribution in [1.29, 1.82) is 0 Å². The van der Waals surface area contributed by atoms with Gasteiger partial charge in [-0.2, -0.15) is 0 Å². The van der Waals surface area contributed by atoms with Crippen LogP contribution in [0.2, 0.25) is 0 Å². The summed E-state index contributed by atoms with van der Waals surface area (Å²) in [5.41, 5.74) is 19.0. The summed E-state index contributed by atoms with van der Waals surface area (Å²) < 4.78 is 4.74. The summed E-state index contributed by atoms with van der Waals surface area (Å²) in [7, 11) is 0. The van der Waals surface area contributed by atoms with E-state index in [1.807, 2.05) is 0 Å². The Labute approximate surface area is 346 Å². The van der Waals surface area contributed by atoms with Crippen molar-refractivity contribution in [3.8, 4) is 11.1 Å². The lowest BCUT2D eigenvalue weighted by molar-refractivity contribution is 0.125. The van der Waals surface area contributed by atoms with Gasteiger partial charge in [-0.3, -0.25) is 8.80 Å². The minimum Gasteiger partial charge on any atom is -0.299 e. The number of nitrogens with zero attached hydrogens (tertiary/aromatic N) is 4. The molecule has 4 aromatic heterocycles. The number of pyridine rings is 2. The first kappa shape index (κ1) is 34.4. The van der Waals surface area contributed by atoms with Gasteiger partial charge in [0.25, 0.3) is 0 Å². The first-order valence-electron chi connectivity index (χ1n) is 22.0. The van der Waals surface area contributed by atoms with Crippen molar-refractivity contribution >= 4 is 54.9 Å². The van der Waals surface area contributed by atoms with E-state index in [4.69, 9.17) is 9.97 Å². The molecule has 4 aliphatic carbocycles. The smallest absolute Gasteiger partial charge is 0.145 e. The highest BCUT2D eigenvalue weighted by atomic mass is 15.0. The quantitative estimate of drug-likeness (QED) is 0.176.